The minimum absolute atomic E-state index is 0.0155. The molecule has 0 aromatic carbocycles. The quantitative estimate of drug-likeness (QED) is 0.315. The van der Waals surface area contributed by atoms with Crippen molar-refractivity contribution in [2.45, 2.75) is 97.6 Å². The molecule has 6 heteroatoms. The van der Waals surface area contributed by atoms with Crippen molar-refractivity contribution in [3.63, 3.8) is 0 Å². The van der Waals surface area contributed by atoms with Crippen LogP contribution in [0.4, 0.5) is 0 Å². The molecule has 0 fully saturated rings. The zero-order valence-corrected chi connectivity index (χ0v) is 20.1. The molecule has 0 spiro atoms. The number of carbonyl (C=O) groups is 2. The Kier molecular flexibility index (Phi) is 7.92. The van der Waals surface area contributed by atoms with Gasteiger partial charge >= 0.3 is 0 Å². The number of rotatable bonds is 7. The van der Waals surface area contributed by atoms with Crippen molar-refractivity contribution >= 4 is 28.4 Å². The van der Waals surface area contributed by atoms with Gasteiger partial charge in [0.25, 0.3) is 14.3 Å². The molecule has 0 atom stereocenters. The summed E-state index contributed by atoms with van der Waals surface area (Å²) in [5.41, 5.74) is 0. The Morgan fingerprint density at radius 3 is 1.56 bits per heavy atom. The van der Waals surface area contributed by atoms with E-state index in [-0.39, 0.29) is 28.2 Å². The fourth-order valence-electron chi connectivity index (χ4n) is 1.57. The van der Waals surface area contributed by atoms with E-state index in [9.17, 15) is 9.59 Å². The second kappa shape index (κ2) is 8.21. The first-order chi connectivity index (χ1) is 10.9. The van der Waals surface area contributed by atoms with Crippen LogP contribution in [0.3, 0.4) is 0 Å². The third-order valence-electron chi connectivity index (χ3n) is 5.31. The summed E-state index contributed by atoms with van der Waals surface area (Å²) in [7, 11) is -4.16. The highest BCUT2D eigenvalue weighted by atomic mass is 28.4. The molecule has 0 aliphatic rings. The van der Waals surface area contributed by atoms with E-state index in [1.165, 1.54) is 13.0 Å². The van der Waals surface area contributed by atoms with Crippen molar-refractivity contribution in [2.24, 2.45) is 0 Å². The lowest BCUT2D eigenvalue weighted by Gasteiger charge is -2.37. The van der Waals surface area contributed by atoms with Gasteiger partial charge in [-0.15, -0.1) is 0 Å². The predicted molar refractivity (Wildman–Crippen MR) is 110 cm³/mol. The Balaban J connectivity index is 5.05. The van der Waals surface area contributed by atoms with Crippen molar-refractivity contribution in [1.29, 1.82) is 0 Å². The molecule has 0 aliphatic heterocycles. The first kappa shape index (κ1) is 24.1. The van der Waals surface area contributed by atoms with Crippen molar-refractivity contribution < 1.29 is 18.4 Å². The van der Waals surface area contributed by atoms with Crippen LogP contribution in [0.25, 0.3) is 0 Å². The number of allylic oxidation sites excluding steroid dienone is 2. The number of hydrogen-bond donors (Lipinski definition) is 0. The Morgan fingerprint density at radius 2 is 1.20 bits per heavy atom. The summed E-state index contributed by atoms with van der Waals surface area (Å²) >= 11 is 0. The molecule has 0 aromatic heterocycles. The van der Waals surface area contributed by atoms with E-state index in [1.54, 1.807) is 0 Å². The first-order valence-electron chi connectivity index (χ1n) is 9.01. The summed E-state index contributed by atoms with van der Waals surface area (Å²) in [6.45, 7) is 22.7. The summed E-state index contributed by atoms with van der Waals surface area (Å²) in [5.74, 6) is 0.331. The van der Waals surface area contributed by atoms with Gasteiger partial charge in [-0.25, -0.2) is 0 Å². The molecule has 0 heterocycles. The minimum Gasteiger partial charge on any atom is -0.546 e. The lowest BCUT2D eigenvalue weighted by molar-refractivity contribution is -0.135. The van der Waals surface area contributed by atoms with Gasteiger partial charge in [0.1, 0.15) is 0 Å². The molecule has 0 radical (unpaired) electrons. The normalized spacial score (nSPS) is 14.3. The molecule has 0 bridgehead atoms. The van der Waals surface area contributed by atoms with Gasteiger partial charge in [0.15, 0.2) is 5.78 Å². The van der Waals surface area contributed by atoms with E-state index in [0.29, 0.717) is 12.2 Å². The maximum absolute atomic E-state index is 12.3. The van der Waals surface area contributed by atoms with Crippen LogP contribution in [-0.2, 0) is 18.4 Å². The fourth-order valence-corrected chi connectivity index (χ4v) is 3.67. The second-order valence-electron chi connectivity index (χ2n) is 9.82. The average Bonchev–Trinajstić information content (AvgIpc) is 2.31. The highest BCUT2D eigenvalue weighted by Gasteiger charge is 2.41. The van der Waals surface area contributed by atoms with Gasteiger partial charge in [-0.3, -0.25) is 9.59 Å². The van der Waals surface area contributed by atoms with Crippen LogP contribution in [0.5, 0.6) is 0 Å². The standard InChI is InChI=1S/C19H38O4Si2/c1-15(20)14-16(22-24(8,9)18(2,3)4)12-13-17(21)23-25(10,11)19(5,6)7/h14H,12-13H2,1-11H3/b16-14-. The van der Waals surface area contributed by atoms with Crippen molar-refractivity contribution in [2.75, 3.05) is 0 Å². The van der Waals surface area contributed by atoms with Crippen LogP contribution in [-0.4, -0.2) is 28.4 Å². The van der Waals surface area contributed by atoms with Gasteiger partial charge in [-0.2, -0.15) is 0 Å². The summed E-state index contributed by atoms with van der Waals surface area (Å²) in [5, 5.41) is 0.0167. The first-order valence-corrected chi connectivity index (χ1v) is 14.8. The largest absolute Gasteiger partial charge is 0.546 e. The SMILES string of the molecule is CC(=O)/C=C(/CCC(=O)O[Si](C)(C)C(C)(C)C)O[Si](C)(C)C(C)(C)C. The maximum atomic E-state index is 12.3. The van der Waals surface area contributed by atoms with Crippen molar-refractivity contribution in [3.8, 4) is 0 Å². The third-order valence-corrected chi connectivity index (χ3v) is 14.0. The van der Waals surface area contributed by atoms with E-state index >= 15 is 0 Å². The maximum Gasteiger partial charge on any atom is 0.292 e. The van der Waals surface area contributed by atoms with Crippen LogP contribution < -0.4 is 0 Å². The van der Waals surface area contributed by atoms with E-state index in [4.69, 9.17) is 8.85 Å². The van der Waals surface area contributed by atoms with Gasteiger partial charge in [-0.05, 0) is 43.2 Å². The molecule has 25 heavy (non-hydrogen) atoms. The Morgan fingerprint density at radius 1 is 0.800 bits per heavy atom. The molecule has 0 saturated carbocycles. The average molecular weight is 387 g/mol. The molecule has 0 aromatic rings. The van der Waals surface area contributed by atoms with Gasteiger partial charge in [-0.1, -0.05) is 41.5 Å². The molecular weight excluding hydrogens is 348 g/mol. The molecular formula is C19H38O4Si2. The molecule has 0 unspecified atom stereocenters. The van der Waals surface area contributed by atoms with Crippen LogP contribution in [0.2, 0.25) is 36.3 Å². The number of carbonyl (C=O) groups excluding carboxylic acids is 2. The van der Waals surface area contributed by atoms with Gasteiger partial charge in [0, 0.05) is 12.5 Å². The summed E-state index contributed by atoms with van der Waals surface area (Å²) < 4.78 is 12.0. The van der Waals surface area contributed by atoms with E-state index in [1.807, 2.05) is 0 Å². The van der Waals surface area contributed by atoms with Crippen molar-refractivity contribution in [3.05, 3.63) is 11.8 Å². The van der Waals surface area contributed by atoms with Gasteiger partial charge < -0.3 is 8.85 Å². The van der Waals surface area contributed by atoms with E-state index in [2.05, 4.69) is 67.7 Å². The predicted octanol–water partition coefficient (Wildman–Crippen LogP) is 5.81. The minimum atomic E-state index is -2.12. The number of ketones is 1. The fraction of sp³-hybridized carbons (Fsp3) is 0.789. The smallest absolute Gasteiger partial charge is 0.292 e. The van der Waals surface area contributed by atoms with Crippen molar-refractivity contribution in [1.82, 2.24) is 0 Å². The zero-order valence-electron chi connectivity index (χ0n) is 18.1. The zero-order chi connectivity index (χ0) is 20.3. The highest BCUT2D eigenvalue weighted by Crippen LogP contribution is 2.39. The molecule has 146 valence electrons. The third kappa shape index (κ3) is 7.90. The van der Waals surface area contributed by atoms with E-state index in [0.717, 1.165) is 0 Å². The van der Waals surface area contributed by atoms with Gasteiger partial charge in [0.2, 0.25) is 8.32 Å². The summed E-state index contributed by atoms with van der Waals surface area (Å²) in [6.07, 6.45) is 2.15. The second-order valence-corrected chi connectivity index (χ2v) is 19.3. The monoisotopic (exact) mass is 386 g/mol. The molecule has 0 rings (SSSR count). The topological polar surface area (TPSA) is 52.6 Å². The Bertz CT molecular complexity index is 521. The van der Waals surface area contributed by atoms with Crippen LogP contribution >= 0.6 is 0 Å². The van der Waals surface area contributed by atoms with Crippen LogP contribution in [0, 0.1) is 0 Å². The number of hydrogen-bond acceptors (Lipinski definition) is 4. The van der Waals surface area contributed by atoms with E-state index < -0.39 is 16.6 Å². The summed E-state index contributed by atoms with van der Waals surface area (Å²) in [4.78, 5) is 23.9. The lowest BCUT2D eigenvalue weighted by atomic mass is 10.2. The molecule has 0 N–H and O–H groups in total. The van der Waals surface area contributed by atoms with Crippen LogP contribution in [0.15, 0.2) is 11.8 Å². The highest BCUT2D eigenvalue weighted by molar-refractivity contribution is 6.75. The molecule has 4 nitrogen and oxygen atoms in total. The lowest BCUT2D eigenvalue weighted by Crippen LogP contribution is -2.42. The van der Waals surface area contributed by atoms with Crippen LogP contribution in [0.1, 0.15) is 61.3 Å². The molecule has 0 amide bonds. The Hall–Kier alpha value is -0.886. The van der Waals surface area contributed by atoms with Gasteiger partial charge in [0.05, 0.1) is 12.2 Å². The Labute approximate surface area is 156 Å². The summed E-state index contributed by atoms with van der Waals surface area (Å²) in [6, 6.07) is 0. The molecule has 0 saturated heterocycles. The molecule has 0 aliphatic carbocycles.